The van der Waals surface area contributed by atoms with E-state index in [-0.39, 0.29) is 18.5 Å². The molecule has 8 nitrogen and oxygen atoms in total. The number of hydrogen-bond donors (Lipinski definition) is 0. The third-order valence-electron chi connectivity index (χ3n) is 5.96. The van der Waals surface area contributed by atoms with E-state index in [0.29, 0.717) is 26.2 Å². The molecule has 0 atom stereocenters. The van der Waals surface area contributed by atoms with Crippen molar-refractivity contribution in [3.63, 3.8) is 0 Å². The number of carbonyl (C=O) groups is 1. The number of rotatable bonds is 6. The Kier molecular flexibility index (Phi) is 7.25. The van der Waals surface area contributed by atoms with Crippen LogP contribution in [0.15, 0.2) is 0 Å². The lowest BCUT2D eigenvalue weighted by molar-refractivity contribution is -0.134. The molecule has 1 aliphatic heterocycles. The molecule has 9 heteroatoms. The molecule has 0 aromatic rings. The molecule has 0 aromatic carbocycles. The molecule has 2 rings (SSSR count). The zero-order chi connectivity index (χ0) is 20.2. The zero-order valence-electron chi connectivity index (χ0n) is 17.0. The van der Waals surface area contributed by atoms with Crippen LogP contribution in [0.25, 0.3) is 0 Å². The predicted octanol–water partition coefficient (Wildman–Crippen LogP) is 0.874. The van der Waals surface area contributed by atoms with Gasteiger partial charge in [-0.25, -0.2) is 0 Å². The smallest absolute Gasteiger partial charge is 0.282 e. The van der Waals surface area contributed by atoms with Crippen LogP contribution in [0, 0.1) is 11.3 Å². The number of hydrogen-bond acceptors (Lipinski definition) is 5. The van der Waals surface area contributed by atoms with Gasteiger partial charge >= 0.3 is 0 Å². The van der Waals surface area contributed by atoms with Gasteiger partial charge in [0, 0.05) is 46.3 Å². The minimum absolute atomic E-state index is 0.102. The Labute approximate surface area is 163 Å². The van der Waals surface area contributed by atoms with Crippen LogP contribution in [0.2, 0.25) is 0 Å². The number of piperazine rings is 1. The fourth-order valence-electron chi connectivity index (χ4n) is 3.62. The fraction of sp³-hybridized carbons (Fsp3) is 0.889. The van der Waals surface area contributed by atoms with Crippen molar-refractivity contribution in [2.75, 3.05) is 46.8 Å². The van der Waals surface area contributed by atoms with E-state index >= 15 is 0 Å². The molecular weight excluding hydrogens is 366 g/mol. The third-order valence-corrected chi connectivity index (χ3v) is 8.00. The van der Waals surface area contributed by atoms with E-state index in [9.17, 15) is 13.2 Å². The third kappa shape index (κ3) is 5.19. The van der Waals surface area contributed by atoms with E-state index in [2.05, 4.69) is 6.07 Å². The average molecular weight is 400 g/mol. The molecule has 1 saturated carbocycles. The first-order valence-corrected chi connectivity index (χ1v) is 11.1. The van der Waals surface area contributed by atoms with E-state index in [1.165, 1.54) is 15.6 Å². The van der Waals surface area contributed by atoms with Crippen LogP contribution in [0.4, 0.5) is 0 Å². The van der Waals surface area contributed by atoms with Crippen LogP contribution in [0.5, 0.6) is 0 Å². The van der Waals surface area contributed by atoms with Crippen LogP contribution in [-0.4, -0.2) is 91.1 Å². The van der Waals surface area contributed by atoms with E-state index in [0.717, 1.165) is 25.7 Å². The summed E-state index contributed by atoms with van der Waals surface area (Å²) in [4.78, 5) is 15.8. The summed E-state index contributed by atoms with van der Waals surface area (Å²) in [5, 5.41) is 9.17. The molecule has 1 amide bonds. The van der Waals surface area contributed by atoms with Crippen molar-refractivity contribution >= 4 is 16.1 Å². The summed E-state index contributed by atoms with van der Waals surface area (Å²) in [6, 6.07) is 2.23. The number of nitriles is 1. The Bertz CT molecular complexity index is 659. The van der Waals surface area contributed by atoms with Crippen LogP contribution >= 0.6 is 0 Å². The average Bonchev–Trinajstić information content (AvgIpc) is 2.67. The second kappa shape index (κ2) is 8.86. The SMILES string of the molecule is CN(C(=O)CN1CCN(S(=O)(=O)N(C)C2CCCCC2)CC1)C(C)(C)C#N. The van der Waals surface area contributed by atoms with Gasteiger partial charge < -0.3 is 4.90 Å². The Hall–Kier alpha value is -1.21. The van der Waals surface area contributed by atoms with Gasteiger partial charge in [-0.2, -0.15) is 22.3 Å². The van der Waals surface area contributed by atoms with Crippen molar-refractivity contribution in [1.82, 2.24) is 18.4 Å². The van der Waals surface area contributed by atoms with Crippen molar-refractivity contribution in [1.29, 1.82) is 5.26 Å². The highest BCUT2D eigenvalue weighted by Crippen LogP contribution is 2.25. The maximum absolute atomic E-state index is 12.9. The predicted molar refractivity (Wildman–Crippen MR) is 104 cm³/mol. The quantitative estimate of drug-likeness (QED) is 0.661. The number of likely N-dealkylation sites (N-methyl/N-ethyl adjacent to an activating group) is 1. The Morgan fingerprint density at radius 3 is 2.19 bits per heavy atom. The summed E-state index contributed by atoms with van der Waals surface area (Å²) < 4.78 is 28.9. The van der Waals surface area contributed by atoms with Crippen LogP contribution in [0.1, 0.15) is 46.0 Å². The monoisotopic (exact) mass is 399 g/mol. The summed E-state index contributed by atoms with van der Waals surface area (Å²) in [5.74, 6) is -0.128. The van der Waals surface area contributed by atoms with Crippen molar-refractivity contribution in [3.8, 4) is 6.07 Å². The normalized spacial score (nSPS) is 21.2. The standard InChI is InChI=1S/C18H33N5O3S/c1-18(2,15-19)20(3)17(24)14-22-10-12-23(13-11-22)27(25,26)21(4)16-8-6-5-7-9-16/h16H,5-14H2,1-4H3. The van der Waals surface area contributed by atoms with Gasteiger partial charge in [-0.3, -0.25) is 9.69 Å². The molecule has 2 aliphatic rings. The first-order valence-electron chi connectivity index (χ1n) is 9.73. The lowest BCUT2D eigenvalue weighted by Crippen LogP contribution is -2.56. The first kappa shape index (κ1) is 22.1. The first-order chi connectivity index (χ1) is 12.6. The molecule has 1 aliphatic carbocycles. The highest BCUT2D eigenvalue weighted by atomic mass is 32.2. The van der Waals surface area contributed by atoms with Crippen molar-refractivity contribution < 1.29 is 13.2 Å². The van der Waals surface area contributed by atoms with Gasteiger partial charge in [0.2, 0.25) is 5.91 Å². The van der Waals surface area contributed by atoms with E-state index in [1.54, 1.807) is 32.2 Å². The molecule has 154 valence electrons. The molecule has 0 unspecified atom stereocenters. The summed E-state index contributed by atoms with van der Waals surface area (Å²) in [6.45, 7) is 5.42. The zero-order valence-corrected chi connectivity index (χ0v) is 17.8. The second-order valence-corrected chi connectivity index (χ2v) is 10.1. The van der Waals surface area contributed by atoms with Crippen LogP contribution in [-0.2, 0) is 15.0 Å². The number of carbonyl (C=O) groups excluding carboxylic acids is 1. The minimum Gasteiger partial charge on any atom is -0.326 e. The molecule has 0 radical (unpaired) electrons. The number of amides is 1. The van der Waals surface area contributed by atoms with Gasteiger partial charge in [0.15, 0.2) is 0 Å². The van der Waals surface area contributed by atoms with E-state index in [1.807, 2.05) is 4.90 Å². The topological polar surface area (TPSA) is 88.0 Å². The Morgan fingerprint density at radius 1 is 1.11 bits per heavy atom. The molecule has 1 heterocycles. The summed E-state index contributed by atoms with van der Waals surface area (Å²) in [6.07, 6.45) is 5.24. The molecule has 2 fully saturated rings. The van der Waals surface area contributed by atoms with Gasteiger partial charge in [-0.15, -0.1) is 0 Å². The highest BCUT2D eigenvalue weighted by Gasteiger charge is 2.35. The molecule has 1 saturated heterocycles. The molecule has 0 spiro atoms. The van der Waals surface area contributed by atoms with Gasteiger partial charge in [0.05, 0.1) is 12.6 Å². The van der Waals surface area contributed by atoms with E-state index < -0.39 is 15.7 Å². The van der Waals surface area contributed by atoms with Gasteiger partial charge in [0.1, 0.15) is 5.54 Å². The second-order valence-electron chi connectivity index (χ2n) is 8.11. The summed E-state index contributed by atoms with van der Waals surface area (Å²) in [7, 11) is -0.131. The van der Waals surface area contributed by atoms with Crippen molar-refractivity contribution in [2.45, 2.75) is 57.5 Å². The molecule has 0 aromatic heterocycles. The Balaban J connectivity index is 1.89. The highest BCUT2D eigenvalue weighted by molar-refractivity contribution is 7.86. The molecular formula is C18H33N5O3S. The number of nitrogens with zero attached hydrogens (tertiary/aromatic N) is 5. The maximum atomic E-state index is 12.9. The van der Waals surface area contributed by atoms with Crippen molar-refractivity contribution in [2.24, 2.45) is 0 Å². The molecule has 0 bridgehead atoms. The summed E-state index contributed by atoms with van der Waals surface area (Å²) in [5.41, 5.74) is -0.856. The molecule has 27 heavy (non-hydrogen) atoms. The van der Waals surface area contributed by atoms with Crippen LogP contribution < -0.4 is 0 Å². The van der Waals surface area contributed by atoms with Crippen molar-refractivity contribution in [3.05, 3.63) is 0 Å². The Morgan fingerprint density at radius 2 is 1.67 bits per heavy atom. The van der Waals surface area contributed by atoms with Crippen LogP contribution in [0.3, 0.4) is 0 Å². The lowest BCUT2D eigenvalue weighted by Gasteiger charge is -2.39. The van der Waals surface area contributed by atoms with Gasteiger partial charge in [-0.1, -0.05) is 19.3 Å². The lowest BCUT2D eigenvalue weighted by atomic mass is 9.96. The summed E-state index contributed by atoms with van der Waals surface area (Å²) >= 11 is 0. The minimum atomic E-state index is -3.46. The van der Waals surface area contributed by atoms with Gasteiger partial charge in [-0.05, 0) is 26.7 Å². The fourth-order valence-corrected chi connectivity index (χ4v) is 5.19. The largest absolute Gasteiger partial charge is 0.326 e. The van der Waals surface area contributed by atoms with E-state index in [4.69, 9.17) is 5.26 Å². The van der Waals surface area contributed by atoms with Gasteiger partial charge in [0.25, 0.3) is 10.2 Å². The molecule has 0 N–H and O–H groups in total. The maximum Gasteiger partial charge on any atom is 0.282 e.